The number of nitrogens with one attached hydrogen (secondary N) is 1. The van der Waals surface area contributed by atoms with Crippen molar-refractivity contribution in [3.63, 3.8) is 0 Å². The number of oxazole rings is 1. The van der Waals surface area contributed by atoms with Crippen molar-refractivity contribution in [1.82, 2.24) is 14.6 Å². The Bertz CT molecular complexity index is 2030. The fourth-order valence-electron chi connectivity index (χ4n) is 7.10. The van der Waals surface area contributed by atoms with Gasteiger partial charge in [0.05, 0.1) is 11.2 Å². The van der Waals surface area contributed by atoms with Crippen LogP contribution < -0.4 is 14.2 Å². The van der Waals surface area contributed by atoms with Crippen molar-refractivity contribution in [3.8, 4) is 40.1 Å². The molecule has 2 fully saturated rings. The van der Waals surface area contributed by atoms with Gasteiger partial charge in [0.25, 0.3) is 0 Å². The average molecular weight is 625 g/mol. The van der Waals surface area contributed by atoms with Gasteiger partial charge in [-0.15, -0.1) is 0 Å². The number of likely N-dealkylation sites (tertiary alicyclic amines) is 1. The highest BCUT2D eigenvalue weighted by atomic mass is 32.2. The number of rotatable bonds is 6. The molecule has 2 atom stereocenters. The van der Waals surface area contributed by atoms with Gasteiger partial charge in [0.15, 0.2) is 17.1 Å². The topological polar surface area (TPSA) is 135 Å². The molecule has 1 aromatic heterocycles. The zero-order chi connectivity index (χ0) is 30.9. The predicted molar refractivity (Wildman–Crippen MR) is 166 cm³/mol. The SMILES string of the molecule is Cc1c(-c2ccc3c(c2)OCCO3)cccc1-c1nc2cc3c(c(C#N)c2o1)CCC3N1CC[C@@H](C(=O)NS(=O)(=O)C2CC2)C1. The zero-order valence-electron chi connectivity index (χ0n) is 24.8. The Morgan fingerprint density at radius 3 is 2.64 bits per heavy atom. The highest BCUT2D eigenvalue weighted by molar-refractivity contribution is 7.90. The van der Waals surface area contributed by atoms with Crippen molar-refractivity contribution in [2.75, 3.05) is 26.3 Å². The summed E-state index contributed by atoms with van der Waals surface area (Å²) in [5, 5.41) is 9.83. The summed E-state index contributed by atoms with van der Waals surface area (Å²) in [6.45, 7) is 4.25. The molecular weight excluding hydrogens is 592 g/mol. The van der Waals surface area contributed by atoms with Crippen LogP contribution >= 0.6 is 0 Å². The summed E-state index contributed by atoms with van der Waals surface area (Å²) in [7, 11) is -3.57. The largest absolute Gasteiger partial charge is 0.486 e. The minimum atomic E-state index is -3.57. The lowest BCUT2D eigenvalue weighted by Gasteiger charge is -2.24. The number of fused-ring (bicyclic) bond motifs is 3. The maximum absolute atomic E-state index is 12.8. The molecule has 0 bridgehead atoms. The first-order chi connectivity index (χ1) is 21.8. The van der Waals surface area contributed by atoms with E-state index in [9.17, 15) is 18.5 Å². The summed E-state index contributed by atoms with van der Waals surface area (Å²) in [6.07, 6.45) is 3.36. The van der Waals surface area contributed by atoms with E-state index in [0.717, 1.165) is 57.7 Å². The quantitative estimate of drug-likeness (QED) is 0.313. The van der Waals surface area contributed by atoms with Gasteiger partial charge in [-0.3, -0.25) is 14.4 Å². The maximum Gasteiger partial charge on any atom is 0.237 e. The van der Waals surface area contributed by atoms with Crippen molar-refractivity contribution >= 4 is 27.0 Å². The summed E-state index contributed by atoms with van der Waals surface area (Å²) >= 11 is 0. The van der Waals surface area contributed by atoms with E-state index < -0.39 is 21.2 Å². The van der Waals surface area contributed by atoms with Crippen molar-refractivity contribution in [2.45, 2.75) is 50.3 Å². The van der Waals surface area contributed by atoms with Crippen molar-refractivity contribution < 1.29 is 27.1 Å². The number of amides is 1. The highest BCUT2D eigenvalue weighted by Crippen LogP contribution is 2.44. The molecule has 3 aromatic carbocycles. The van der Waals surface area contributed by atoms with Crippen LogP contribution in [0.1, 0.15) is 54.0 Å². The first-order valence-corrected chi connectivity index (χ1v) is 17.0. The van der Waals surface area contributed by atoms with Crippen LogP contribution in [0.25, 0.3) is 33.7 Å². The number of nitrogens with zero attached hydrogens (tertiary/aromatic N) is 3. The standard InChI is InChI=1S/C34H32N4O6S/c1-19-23(20-5-10-30-31(15-20)43-14-13-42-30)3-2-4-24(19)34-36-28-16-26-25(27(17-35)32(28)44-34)8-9-29(26)38-12-11-21(18-38)33(39)37-45(40,41)22-6-7-22/h2-5,10,15-16,21-22,29H,6-9,11-14,18H2,1H3,(H,37,39)/t21-,29?/m1/s1. The van der Waals surface area contributed by atoms with Crippen LogP contribution in [0.2, 0.25) is 0 Å². The number of carbonyl (C=O) groups excluding carboxylic acids is 1. The number of sulfonamides is 1. The molecule has 4 aromatic rings. The van der Waals surface area contributed by atoms with Crippen molar-refractivity contribution in [2.24, 2.45) is 5.92 Å². The first-order valence-electron chi connectivity index (χ1n) is 15.5. The second-order valence-corrected chi connectivity index (χ2v) is 14.3. The molecule has 45 heavy (non-hydrogen) atoms. The minimum absolute atomic E-state index is 0.0229. The van der Waals surface area contributed by atoms with E-state index in [0.29, 0.717) is 68.1 Å². The normalized spacial score (nSPS) is 21.1. The van der Waals surface area contributed by atoms with Gasteiger partial charge in [0, 0.05) is 18.2 Å². The molecule has 1 amide bonds. The third kappa shape index (κ3) is 4.84. The number of hydrogen-bond donors (Lipinski definition) is 1. The number of nitriles is 1. The third-order valence-corrected chi connectivity index (χ3v) is 11.5. The Labute approximate surface area is 261 Å². The first kappa shape index (κ1) is 28.1. The van der Waals surface area contributed by atoms with Crippen LogP contribution in [0.5, 0.6) is 11.5 Å². The van der Waals surface area contributed by atoms with Gasteiger partial charge in [-0.25, -0.2) is 13.4 Å². The van der Waals surface area contributed by atoms with Crippen LogP contribution in [0, 0.1) is 24.2 Å². The van der Waals surface area contributed by atoms with Crippen LogP contribution in [0.15, 0.2) is 46.9 Å². The lowest BCUT2D eigenvalue weighted by Crippen LogP contribution is -2.38. The second-order valence-electron chi connectivity index (χ2n) is 12.4. The molecule has 0 spiro atoms. The van der Waals surface area contributed by atoms with E-state index in [2.05, 4.69) is 21.8 Å². The fourth-order valence-corrected chi connectivity index (χ4v) is 8.47. The zero-order valence-corrected chi connectivity index (χ0v) is 25.7. The number of carbonyl (C=O) groups is 1. The van der Waals surface area contributed by atoms with Gasteiger partial charge >= 0.3 is 0 Å². The molecule has 2 aliphatic heterocycles. The maximum atomic E-state index is 12.8. The number of hydrogen-bond acceptors (Lipinski definition) is 9. The van der Waals surface area contributed by atoms with Gasteiger partial charge in [-0.2, -0.15) is 5.26 Å². The Balaban J connectivity index is 1.09. The molecular formula is C34H32N4O6S. The molecule has 4 aliphatic rings. The van der Waals surface area contributed by atoms with Gasteiger partial charge in [-0.05, 0) is 97.7 Å². The second kappa shape index (κ2) is 10.6. The summed E-state index contributed by atoms with van der Waals surface area (Å²) in [5.41, 5.74) is 7.47. The van der Waals surface area contributed by atoms with Crippen LogP contribution in [-0.4, -0.2) is 55.8 Å². The molecule has 0 radical (unpaired) electrons. The summed E-state index contributed by atoms with van der Waals surface area (Å²) in [4.78, 5) is 20.0. The minimum Gasteiger partial charge on any atom is -0.486 e. The molecule has 1 unspecified atom stereocenters. The lowest BCUT2D eigenvalue weighted by molar-refractivity contribution is -0.122. The number of ether oxygens (including phenoxy) is 2. The Morgan fingerprint density at radius 1 is 1.04 bits per heavy atom. The lowest BCUT2D eigenvalue weighted by atomic mass is 9.96. The molecule has 1 saturated carbocycles. The molecule has 2 aliphatic carbocycles. The predicted octanol–water partition coefficient (Wildman–Crippen LogP) is 5.03. The summed E-state index contributed by atoms with van der Waals surface area (Å²) in [6, 6.07) is 16.4. The van der Waals surface area contributed by atoms with E-state index in [1.807, 2.05) is 43.3 Å². The Morgan fingerprint density at radius 2 is 1.84 bits per heavy atom. The monoisotopic (exact) mass is 624 g/mol. The van der Waals surface area contributed by atoms with Gasteiger partial charge < -0.3 is 13.9 Å². The van der Waals surface area contributed by atoms with Crippen LogP contribution in [0.4, 0.5) is 0 Å². The fraction of sp³-hybridized carbons (Fsp3) is 0.382. The van der Waals surface area contributed by atoms with Gasteiger partial charge in [-0.1, -0.05) is 18.2 Å². The van der Waals surface area contributed by atoms with E-state index >= 15 is 0 Å². The van der Waals surface area contributed by atoms with Crippen LogP contribution in [-0.2, 0) is 21.2 Å². The summed E-state index contributed by atoms with van der Waals surface area (Å²) in [5.74, 6) is 1.12. The molecule has 10 nitrogen and oxygen atoms in total. The number of aromatic nitrogens is 1. The van der Waals surface area contributed by atoms with E-state index in [1.165, 1.54) is 0 Å². The highest BCUT2D eigenvalue weighted by Gasteiger charge is 2.41. The average Bonchev–Trinajstić information content (AvgIpc) is 3.45. The van der Waals surface area contributed by atoms with Gasteiger partial charge in [0.2, 0.25) is 21.8 Å². The molecule has 11 heteroatoms. The molecule has 1 saturated heterocycles. The Kier molecular flexibility index (Phi) is 6.62. The number of benzene rings is 3. The van der Waals surface area contributed by atoms with Crippen LogP contribution in [0.3, 0.4) is 0 Å². The Hall–Kier alpha value is -4.40. The van der Waals surface area contributed by atoms with Crippen molar-refractivity contribution in [1.29, 1.82) is 5.26 Å². The van der Waals surface area contributed by atoms with E-state index in [1.54, 1.807) is 0 Å². The third-order valence-electron chi connectivity index (χ3n) is 9.62. The molecule has 3 heterocycles. The van der Waals surface area contributed by atoms with Gasteiger partial charge in [0.1, 0.15) is 30.4 Å². The van der Waals surface area contributed by atoms with E-state index in [4.69, 9.17) is 18.9 Å². The molecule has 8 rings (SSSR count). The molecule has 230 valence electrons. The van der Waals surface area contributed by atoms with Crippen molar-refractivity contribution in [3.05, 3.63) is 64.7 Å². The smallest absolute Gasteiger partial charge is 0.237 e. The molecule has 1 N–H and O–H groups in total. The summed E-state index contributed by atoms with van der Waals surface area (Å²) < 4.78 is 44.8. The van der Waals surface area contributed by atoms with E-state index in [-0.39, 0.29) is 12.0 Å².